The fourth-order valence-corrected chi connectivity index (χ4v) is 5.21. The Bertz CT molecular complexity index is 1070. The van der Waals surface area contributed by atoms with E-state index in [0.29, 0.717) is 61.1 Å². The van der Waals surface area contributed by atoms with Crippen molar-refractivity contribution in [1.82, 2.24) is 15.0 Å². The lowest BCUT2D eigenvalue weighted by Crippen LogP contribution is -2.41. The zero-order chi connectivity index (χ0) is 24.2. The van der Waals surface area contributed by atoms with Gasteiger partial charge in [-0.3, -0.25) is 14.0 Å². The Labute approximate surface area is 201 Å². The van der Waals surface area contributed by atoms with E-state index in [1.54, 1.807) is 29.2 Å². The van der Waals surface area contributed by atoms with Crippen LogP contribution in [0.25, 0.3) is 0 Å². The lowest BCUT2D eigenvalue weighted by Gasteiger charge is -2.29. The van der Waals surface area contributed by atoms with Crippen LogP contribution in [-0.4, -0.2) is 67.8 Å². The molecule has 182 valence electrons. The molecular weight excluding hydrogens is 464 g/mol. The van der Waals surface area contributed by atoms with Gasteiger partial charge in [0.15, 0.2) is 5.69 Å². The second kappa shape index (κ2) is 10.9. The molecule has 0 saturated heterocycles. The minimum absolute atomic E-state index is 0.235. The Kier molecular flexibility index (Phi) is 8.42. The molecule has 8 nitrogen and oxygen atoms in total. The van der Waals surface area contributed by atoms with Gasteiger partial charge in [0.25, 0.3) is 5.91 Å². The van der Waals surface area contributed by atoms with Gasteiger partial charge in [0.1, 0.15) is 5.76 Å². The Hall–Kier alpha value is -2.10. The first-order valence-corrected chi connectivity index (χ1v) is 13.6. The summed E-state index contributed by atoms with van der Waals surface area (Å²) < 4.78 is 32.1. The van der Waals surface area contributed by atoms with Crippen LogP contribution in [0.5, 0.6) is 0 Å². The van der Waals surface area contributed by atoms with Crippen molar-refractivity contribution < 1.29 is 17.7 Å². The van der Waals surface area contributed by atoms with E-state index in [9.17, 15) is 13.2 Å². The van der Waals surface area contributed by atoms with E-state index < -0.39 is 10.0 Å². The highest BCUT2D eigenvalue weighted by Gasteiger charge is 2.27. The van der Waals surface area contributed by atoms with E-state index >= 15 is 0 Å². The number of sulfonamides is 1. The summed E-state index contributed by atoms with van der Waals surface area (Å²) in [6.45, 7) is 8.68. The van der Waals surface area contributed by atoms with E-state index in [1.807, 2.05) is 6.92 Å². The molecule has 0 aliphatic carbocycles. The number of amides is 1. The molecule has 0 radical (unpaired) electrons. The number of carbonyl (C=O) groups is 1. The number of anilines is 1. The molecule has 0 fully saturated rings. The van der Waals surface area contributed by atoms with E-state index in [-0.39, 0.29) is 24.2 Å². The topological polar surface area (TPSA) is 87.0 Å². The van der Waals surface area contributed by atoms with E-state index in [2.05, 4.69) is 23.9 Å². The second-order valence-corrected chi connectivity index (χ2v) is 11.1. The van der Waals surface area contributed by atoms with Crippen LogP contribution in [0.15, 0.2) is 28.8 Å². The summed E-state index contributed by atoms with van der Waals surface area (Å²) in [5.41, 5.74) is 1.49. The molecule has 33 heavy (non-hydrogen) atoms. The predicted octanol–water partition coefficient (Wildman–Crippen LogP) is 3.80. The van der Waals surface area contributed by atoms with Crippen molar-refractivity contribution in [2.24, 2.45) is 0 Å². The number of hydrogen-bond donors (Lipinski definition) is 0. The van der Waals surface area contributed by atoms with Crippen LogP contribution in [0, 0.1) is 0 Å². The SMILES string of the molecule is CCCc1cc(C(=O)N2CCN(C(C)C)CCCN(S(C)(=O)=O)c3cc(Cl)ccc3C2)no1. The van der Waals surface area contributed by atoms with Crippen LogP contribution < -0.4 is 4.31 Å². The molecule has 1 aromatic carbocycles. The quantitative estimate of drug-likeness (QED) is 0.625. The zero-order valence-electron chi connectivity index (χ0n) is 19.8. The minimum atomic E-state index is -3.54. The van der Waals surface area contributed by atoms with Crippen molar-refractivity contribution >= 4 is 33.2 Å². The average Bonchev–Trinajstić information content (AvgIpc) is 3.19. The third kappa shape index (κ3) is 6.49. The van der Waals surface area contributed by atoms with Crippen molar-refractivity contribution in [3.63, 3.8) is 0 Å². The van der Waals surface area contributed by atoms with Gasteiger partial charge in [-0.25, -0.2) is 8.42 Å². The second-order valence-electron chi connectivity index (χ2n) is 8.75. The van der Waals surface area contributed by atoms with Crippen molar-refractivity contribution in [3.8, 4) is 0 Å². The highest BCUT2D eigenvalue weighted by Crippen LogP contribution is 2.29. The number of rotatable bonds is 5. The van der Waals surface area contributed by atoms with Crippen LogP contribution in [0.3, 0.4) is 0 Å². The summed E-state index contributed by atoms with van der Waals surface area (Å²) in [7, 11) is -3.54. The predicted molar refractivity (Wildman–Crippen MR) is 130 cm³/mol. The number of carbonyl (C=O) groups excluding carboxylic acids is 1. The van der Waals surface area contributed by atoms with Gasteiger partial charge in [-0.1, -0.05) is 29.7 Å². The summed E-state index contributed by atoms with van der Waals surface area (Å²) >= 11 is 6.25. The molecule has 1 amide bonds. The first kappa shape index (κ1) is 25.5. The molecular formula is C23H33ClN4O4S. The molecule has 0 saturated carbocycles. The van der Waals surface area contributed by atoms with Crippen molar-refractivity contribution in [3.05, 3.63) is 46.3 Å². The number of nitrogens with zero attached hydrogens (tertiary/aromatic N) is 4. The van der Waals surface area contributed by atoms with Gasteiger partial charge in [0, 0.05) is 56.3 Å². The lowest BCUT2D eigenvalue weighted by atomic mass is 10.1. The molecule has 10 heteroatoms. The Balaban J connectivity index is 2.02. The summed E-state index contributed by atoms with van der Waals surface area (Å²) in [5.74, 6) is 0.439. The molecule has 1 aromatic heterocycles. The molecule has 2 heterocycles. The normalized spacial score (nSPS) is 16.5. The fourth-order valence-electron chi connectivity index (χ4n) is 4.06. The van der Waals surface area contributed by atoms with Crippen LogP contribution in [0.2, 0.25) is 5.02 Å². The van der Waals surface area contributed by atoms with Gasteiger partial charge < -0.3 is 9.42 Å². The third-order valence-electron chi connectivity index (χ3n) is 5.83. The van der Waals surface area contributed by atoms with Gasteiger partial charge in [0.2, 0.25) is 10.0 Å². The Morgan fingerprint density at radius 1 is 1.18 bits per heavy atom. The van der Waals surface area contributed by atoms with E-state index in [0.717, 1.165) is 6.42 Å². The number of aromatic nitrogens is 1. The van der Waals surface area contributed by atoms with Gasteiger partial charge in [-0.05, 0) is 44.4 Å². The third-order valence-corrected chi connectivity index (χ3v) is 7.25. The summed E-state index contributed by atoms with van der Waals surface area (Å²) in [6, 6.07) is 7.13. The van der Waals surface area contributed by atoms with Crippen LogP contribution in [0.4, 0.5) is 5.69 Å². The van der Waals surface area contributed by atoms with Crippen LogP contribution in [0.1, 0.15) is 55.4 Å². The van der Waals surface area contributed by atoms with Gasteiger partial charge in [-0.2, -0.15) is 0 Å². The van der Waals surface area contributed by atoms with Gasteiger partial charge >= 0.3 is 0 Å². The summed E-state index contributed by atoms with van der Waals surface area (Å²) in [6.07, 6.45) is 3.47. The fraction of sp³-hybridized carbons (Fsp3) is 0.565. The maximum absolute atomic E-state index is 13.4. The monoisotopic (exact) mass is 496 g/mol. The Morgan fingerprint density at radius 3 is 2.61 bits per heavy atom. The molecule has 3 rings (SSSR count). The molecule has 1 aliphatic rings. The average molecular weight is 497 g/mol. The number of aryl methyl sites for hydroxylation is 1. The maximum atomic E-state index is 13.4. The van der Waals surface area contributed by atoms with Crippen molar-refractivity contribution in [1.29, 1.82) is 0 Å². The first-order chi connectivity index (χ1) is 15.6. The smallest absolute Gasteiger partial charge is 0.276 e. The molecule has 0 atom stereocenters. The van der Waals surface area contributed by atoms with E-state index in [4.69, 9.17) is 16.1 Å². The van der Waals surface area contributed by atoms with Crippen molar-refractivity contribution in [2.45, 2.75) is 52.6 Å². The molecule has 0 N–H and O–H groups in total. The largest absolute Gasteiger partial charge is 0.361 e. The molecule has 2 aromatic rings. The summed E-state index contributed by atoms with van der Waals surface area (Å²) in [4.78, 5) is 17.4. The highest BCUT2D eigenvalue weighted by atomic mass is 35.5. The zero-order valence-corrected chi connectivity index (χ0v) is 21.3. The highest BCUT2D eigenvalue weighted by molar-refractivity contribution is 7.92. The van der Waals surface area contributed by atoms with Crippen molar-refractivity contribution in [2.75, 3.05) is 36.7 Å². The van der Waals surface area contributed by atoms with Gasteiger partial charge in [-0.15, -0.1) is 0 Å². The number of hydrogen-bond acceptors (Lipinski definition) is 6. The molecule has 0 spiro atoms. The summed E-state index contributed by atoms with van der Waals surface area (Å²) in [5, 5.41) is 4.44. The standard InChI is InChI=1S/C23H33ClN4O4S/c1-5-7-20-15-21(25-32-20)23(29)27-13-12-26(17(2)3)10-6-11-28(33(4,30)31)22-14-19(24)9-8-18(22)16-27/h8-9,14-15,17H,5-7,10-13,16H2,1-4H3. The Morgan fingerprint density at radius 2 is 1.94 bits per heavy atom. The molecule has 0 unspecified atom stereocenters. The van der Waals surface area contributed by atoms with Gasteiger partial charge in [0.05, 0.1) is 11.9 Å². The van der Waals surface area contributed by atoms with Crippen LogP contribution in [-0.2, 0) is 23.0 Å². The molecule has 0 bridgehead atoms. The maximum Gasteiger partial charge on any atom is 0.276 e. The van der Waals surface area contributed by atoms with Crippen LogP contribution >= 0.6 is 11.6 Å². The minimum Gasteiger partial charge on any atom is -0.361 e. The first-order valence-electron chi connectivity index (χ1n) is 11.3. The number of benzene rings is 1. The lowest BCUT2D eigenvalue weighted by molar-refractivity contribution is 0.0701. The number of fused-ring (bicyclic) bond motifs is 1. The molecule has 1 aliphatic heterocycles. The number of halogens is 1. The van der Waals surface area contributed by atoms with E-state index in [1.165, 1.54) is 10.6 Å².